The van der Waals surface area contributed by atoms with Crippen molar-refractivity contribution < 1.29 is 13.6 Å². The molecule has 1 amide bonds. The molecule has 0 atom stereocenters. The molecule has 110 valence electrons. The Morgan fingerprint density at radius 3 is 2.43 bits per heavy atom. The predicted octanol–water partition coefficient (Wildman–Crippen LogP) is 3.32. The van der Waals surface area contributed by atoms with Crippen molar-refractivity contribution in [3.05, 3.63) is 41.0 Å². The normalized spacial score (nSPS) is 16.3. The second-order valence-electron chi connectivity index (χ2n) is 5.11. The number of nitriles is 1. The van der Waals surface area contributed by atoms with E-state index in [0.717, 1.165) is 50.3 Å². The molecule has 0 aromatic heterocycles. The third-order valence-electron chi connectivity index (χ3n) is 3.59. The fraction of sp³-hybridized carbons (Fsp3) is 0.375. The number of rotatable bonds is 3. The van der Waals surface area contributed by atoms with Crippen LogP contribution in [0.2, 0.25) is 0 Å². The quantitative estimate of drug-likeness (QED) is 0.686. The summed E-state index contributed by atoms with van der Waals surface area (Å²) >= 11 is 0. The minimum atomic E-state index is -0.798. The number of amides is 1. The fourth-order valence-corrected chi connectivity index (χ4v) is 2.45. The molecule has 0 bridgehead atoms. The van der Waals surface area contributed by atoms with E-state index in [-0.39, 0.29) is 17.2 Å². The van der Waals surface area contributed by atoms with E-state index in [2.05, 4.69) is 5.32 Å². The summed E-state index contributed by atoms with van der Waals surface area (Å²) in [6.07, 6.45) is 5.94. The van der Waals surface area contributed by atoms with Crippen LogP contribution in [0.3, 0.4) is 0 Å². The van der Waals surface area contributed by atoms with Gasteiger partial charge in [0.2, 0.25) is 0 Å². The third kappa shape index (κ3) is 3.88. The molecule has 0 saturated heterocycles. The first kappa shape index (κ1) is 15.2. The van der Waals surface area contributed by atoms with E-state index < -0.39 is 17.5 Å². The van der Waals surface area contributed by atoms with Crippen LogP contribution >= 0.6 is 0 Å². The van der Waals surface area contributed by atoms with E-state index in [4.69, 9.17) is 5.26 Å². The minimum Gasteiger partial charge on any atom is -0.349 e. The van der Waals surface area contributed by atoms with Crippen LogP contribution in [-0.2, 0) is 4.79 Å². The Morgan fingerprint density at radius 2 is 1.86 bits per heavy atom. The number of hydrogen-bond donors (Lipinski definition) is 1. The number of hydrogen-bond acceptors (Lipinski definition) is 2. The zero-order valence-corrected chi connectivity index (χ0v) is 11.5. The highest BCUT2D eigenvalue weighted by atomic mass is 19.1. The number of benzene rings is 1. The van der Waals surface area contributed by atoms with E-state index in [0.29, 0.717) is 0 Å². The first-order valence-electron chi connectivity index (χ1n) is 6.98. The lowest BCUT2D eigenvalue weighted by Gasteiger charge is -2.22. The van der Waals surface area contributed by atoms with E-state index >= 15 is 0 Å². The summed E-state index contributed by atoms with van der Waals surface area (Å²) in [5, 5.41) is 11.8. The molecule has 1 aliphatic rings. The van der Waals surface area contributed by atoms with Gasteiger partial charge in [0.05, 0.1) is 0 Å². The second kappa shape index (κ2) is 6.98. The van der Waals surface area contributed by atoms with Gasteiger partial charge in [-0.3, -0.25) is 4.79 Å². The maximum absolute atomic E-state index is 13.5. The van der Waals surface area contributed by atoms with Crippen molar-refractivity contribution in [3.8, 4) is 6.07 Å². The summed E-state index contributed by atoms with van der Waals surface area (Å²) in [5.41, 5.74) is -0.655. The maximum Gasteiger partial charge on any atom is 0.262 e. The van der Waals surface area contributed by atoms with E-state index in [1.807, 2.05) is 0 Å². The fourth-order valence-electron chi connectivity index (χ4n) is 2.45. The van der Waals surface area contributed by atoms with Gasteiger partial charge in [-0.05, 0) is 31.1 Å². The number of halogens is 2. The molecule has 0 radical (unpaired) electrons. The van der Waals surface area contributed by atoms with Crippen molar-refractivity contribution in [2.45, 2.75) is 38.1 Å². The molecule has 1 aromatic carbocycles. The van der Waals surface area contributed by atoms with Crippen LogP contribution in [0.5, 0.6) is 0 Å². The van der Waals surface area contributed by atoms with Crippen LogP contribution in [0.4, 0.5) is 8.78 Å². The Morgan fingerprint density at radius 1 is 1.24 bits per heavy atom. The van der Waals surface area contributed by atoms with Crippen LogP contribution in [0.25, 0.3) is 6.08 Å². The lowest BCUT2D eigenvalue weighted by atomic mass is 9.95. The lowest BCUT2D eigenvalue weighted by Crippen LogP contribution is -2.36. The third-order valence-corrected chi connectivity index (χ3v) is 3.59. The van der Waals surface area contributed by atoms with Crippen molar-refractivity contribution in [2.24, 2.45) is 0 Å². The van der Waals surface area contributed by atoms with Crippen molar-refractivity contribution in [2.75, 3.05) is 0 Å². The zero-order chi connectivity index (χ0) is 15.2. The molecule has 1 aliphatic carbocycles. The number of carbonyl (C=O) groups excluding carboxylic acids is 1. The second-order valence-corrected chi connectivity index (χ2v) is 5.11. The summed E-state index contributed by atoms with van der Waals surface area (Å²) in [6, 6.07) is 5.15. The van der Waals surface area contributed by atoms with Crippen molar-refractivity contribution in [1.29, 1.82) is 5.26 Å². The highest BCUT2D eigenvalue weighted by Crippen LogP contribution is 2.19. The molecule has 21 heavy (non-hydrogen) atoms. The van der Waals surface area contributed by atoms with Crippen LogP contribution < -0.4 is 5.32 Å². The highest BCUT2D eigenvalue weighted by Gasteiger charge is 2.19. The van der Waals surface area contributed by atoms with Crippen LogP contribution in [0.15, 0.2) is 23.8 Å². The highest BCUT2D eigenvalue weighted by molar-refractivity contribution is 6.01. The van der Waals surface area contributed by atoms with Crippen molar-refractivity contribution >= 4 is 12.0 Å². The number of nitrogens with one attached hydrogen (secondary N) is 1. The van der Waals surface area contributed by atoms with Gasteiger partial charge >= 0.3 is 0 Å². The first-order valence-corrected chi connectivity index (χ1v) is 6.98. The lowest BCUT2D eigenvalue weighted by molar-refractivity contribution is -0.117. The van der Waals surface area contributed by atoms with Gasteiger partial charge in [-0.15, -0.1) is 0 Å². The Bertz CT molecular complexity index is 579. The van der Waals surface area contributed by atoms with Gasteiger partial charge in [-0.25, -0.2) is 8.78 Å². The van der Waals surface area contributed by atoms with Gasteiger partial charge < -0.3 is 5.32 Å². The monoisotopic (exact) mass is 290 g/mol. The summed E-state index contributed by atoms with van der Waals surface area (Å²) < 4.78 is 27.1. The summed E-state index contributed by atoms with van der Waals surface area (Å²) in [5.74, 6) is -2.17. The molecule has 1 fully saturated rings. The number of nitrogens with zero attached hydrogens (tertiary/aromatic N) is 1. The van der Waals surface area contributed by atoms with Crippen LogP contribution in [-0.4, -0.2) is 11.9 Å². The molecule has 0 spiro atoms. The molecular formula is C16H16F2N2O. The van der Waals surface area contributed by atoms with Gasteiger partial charge in [0.1, 0.15) is 23.3 Å². The summed E-state index contributed by atoms with van der Waals surface area (Å²) in [7, 11) is 0. The van der Waals surface area contributed by atoms with Gasteiger partial charge in [0.15, 0.2) is 0 Å². The van der Waals surface area contributed by atoms with Gasteiger partial charge in [0, 0.05) is 11.6 Å². The Balaban J connectivity index is 2.17. The Labute approximate surface area is 122 Å². The molecule has 1 aromatic rings. The predicted molar refractivity (Wildman–Crippen MR) is 75.0 cm³/mol. The number of carbonyl (C=O) groups is 1. The zero-order valence-electron chi connectivity index (χ0n) is 11.5. The molecule has 1 saturated carbocycles. The van der Waals surface area contributed by atoms with Crippen LogP contribution in [0.1, 0.15) is 37.7 Å². The molecule has 5 heteroatoms. The van der Waals surface area contributed by atoms with Crippen molar-refractivity contribution in [1.82, 2.24) is 5.32 Å². The summed E-state index contributed by atoms with van der Waals surface area (Å²) in [4.78, 5) is 12.0. The molecule has 2 rings (SSSR count). The Hall–Kier alpha value is -2.22. The first-order chi connectivity index (χ1) is 10.1. The maximum atomic E-state index is 13.5. The molecule has 0 heterocycles. The molecular weight excluding hydrogens is 274 g/mol. The Kier molecular flexibility index (Phi) is 5.04. The minimum absolute atomic E-state index is 0.0356. The topological polar surface area (TPSA) is 52.9 Å². The van der Waals surface area contributed by atoms with Gasteiger partial charge in [-0.2, -0.15) is 5.26 Å². The largest absolute Gasteiger partial charge is 0.349 e. The molecule has 3 nitrogen and oxygen atoms in total. The van der Waals surface area contributed by atoms with E-state index in [9.17, 15) is 13.6 Å². The van der Waals surface area contributed by atoms with Gasteiger partial charge in [-0.1, -0.05) is 25.3 Å². The average molecular weight is 290 g/mol. The summed E-state index contributed by atoms with van der Waals surface area (Å²) in [6.45, 7) is 0. The molecule has 0 unspecified atom stereocenters. The standard InChI is InChI=1S/C16H16F2N2O/c17-14-7-4-8-15(18)13(14)9-11(10-19)16(21)20-12-5-2-1-3-6-12/h4,7-9,12H,1-3,5-6H2,(H,20,21)/b11-9+. The molecule has 0 aliphatic heterocycles. The SMILES string of the molecule is N#C/C(=C\c1c(F)cccc1F)C(=O)NC1CCCCC1. The van der Waals surface area contributed by atoms with Gasteiger partial charge in [0.25, 0.3) is 5.91 Å². The average Bonchev–Trinajstić information content (AvgIpc) is 2.48. The van der Waals surface area contributed by atoms with Crippen molar-refractivity contribution in [3.63, 3.8) is 0 Å². The van der Waals surface area contributed by atoms with E-state index in [1.54, 1.807) is 6.07 Å². The molecule has 1 N–H and O–H groups in total. The van der Waals surface area contributed by atoms with E-state index in [1.165, 1.54) is 6.07 Å². The van der Waals surface area contributed by atoms with Crippen LogP contribution in [0, 0.1) is 23.0 Å². The smallest absolute Gasteiger partial charge is 0.262 e.